The van der Waals surface area contributed by atoms with E-state index in [1.54, 1.807) is 11.8 Å². The summed E-state index contributed by atoms with van der Waals surface area (Å²) >= 11 is 9.33. The third kappa shape index (κ3) is 3.27. The van der Waals surface area contributed by atoms with E-state index in [2.05, 4.69) is 30.8 Å². The van der Waals surface area contributed by atoms with E-state index >= 15 is 0 Å². The van der Waals surface area contributed by atoms with Crippen LogP contribution in [0, 0.1) is 0 Å². The first kappa shape index (κ1) is 14.3. The second-order valence-corrected chi connectivity index (χ2v) is 5.13. The minimum atomic E-state index is -0.262. The molecule has 0 saturated carbocycles. The van der Waals surface area contributed by atoms with Crippen LogP contribution in [0.3, 0.4) is 0 Å². The number of ether oxygens (including phenoxy) is 1. The maximum absolute atomic E-state index is 11.6. The van der Waals surface area contributed by atoms with Gasteiger partial charge in [0.2, 0.25) is 0 Å². The SMILES string of the molecule is CCOC(=O)N1CCN(c2ncnc(Cl)c2Br)CC1. The zero-order valence-electron chi connectivity index (χ0n) is 10.5. The van der Waals surface area contributed by atoms with Crippen molar-refractivity contribution in [3.05, 3.63) is 16.0 Å². The van der Waals surface area contributed by atoms with Crippen LogP contribution in [0.5, 0.6) is 0 Å². The molecule has 0 bridgehead atoms. The van der Waals surface area contributed by atoms with E-state index in [1.165, 1.54) is 6.33 Å². The summed E-state index contributed by atoms with van der Waals surface area (Å²) in [5.74, 6) is 0.753. The molecule has 2 heterocycles. The summed E-state index contributed by atoms with van der Waals surface area (Å²) in [5.41, 5.74) is 0. The summed E-state index contributed by atoms with van der Waals surface area (Å²) in [6, 6.07) is 0. The Hall–Kier alpha value is -1.08. The van der Waals surface area contributed by atoms with Gasteiger partial charge in [0.05, 0.1) is 11.1 Å². The maximum Gasteiger partial charge on any atom is 0.409 e. The molecule has 0 aromatic carbocycles. The molecule has 0 unspecified atom stereocenters. The maximum atomic E-state index is 11.6. The normalized spacial score (nSPS) is 15.5. The van der Waals surface area contributed by atoms with Gasteiger partial charge in [0.1, 0.15) is 17.3 Å². The molecule has 1 fully saturated rings. The lowest BCUT2D eigenvalue weighted by molar-refractivity contribution is 0.105. The lowest BCUT2D eigenvalue weighted by atomic mass is 10.3. The van der Waals surface area contributed by atoms with Crippen LogP contribution in [0.1, 0.15) is 6.92 Å². The lowest BCUT2D eigenvalue weighted by Crippen LogP contribution is -2.49. The van der Waals surface area contributed by atoms with E-state index in [9.17, 15) is 4.79 Å². The van der Waals surface area contributed by atoms with Gasteiger partial charge >= 0.3 is 6.09 Å². The standard InChI is InChI=1S/C11H14BrClN4O2/c1-2-19-11(18)17-5-3-16(4-6-17)10-8(12)9(13)14-7-15-10/h7H,2-6H2,1H3. The Morgan fingerprint density at radius 1 is 1.42 bits per heavy atom. The number of carbonyl (C=O) groups is 1. The zero-order chi connectivity index (χ0) is 13.8. The van der Waals surface area contributed by atoms with Crippen molar-refractivity contribution >= 4 is 39.4 Å². The Kier molecular flexibility index (Phi) is 4.81. The summed E-state index contributed by atoms with van der Waals surface area (Å²) in [5, 5.41) is 0.387. The molecule has 6 nitrogen and oxygen atoms in total. The van der Waals surface area contributed by atoms with Gasteiger partial charge in [0, 0.05) is 26.2 Å². The molecule has 0 spiro atoms. The van der Waals surface area contributed by atoms with Crippen LogP contribution < -0.4 is 4.90 Å². The molecule has 1 aliphatic rings. The fraction of sp³-hybridized carbons (Fsp3) is 0.545. The van der Waals surface area contributed by atoms with Gasteiger partial charge in [-0.2, -0.15) is 0 Å². The molecule has 0 radical (unpaired) electrons. The number of carbonyl (C=O) groups excluding carboxylic acids is 1. The molecule has 1 aliphatic heterocycles. The van der Waals surface area contributed by atoms with Crippen molar-refractivity contribution in [3.8, 4) is 0 Å². The molecular weight excluding hydrogens is 336 g/mol. The highest BCUT2D eigenvalue weighted by Crippen LogP contribution is 2.29. The fourth-order valence-electron chi connectivity index (χ4n) is 1.88. The largest absolute Gasteiger partial charge is 0.450 e. The number of hydrogen-bond donors (Lipinski definition) is 0. The van der Waals surface area contributed by atoms with Crippen molar-refractivity contribution < 1.29 is 9.53 Å². The molecule has 2 rings (SSSR count). The number of piperazine rings is 1. The Bertz CT molecular complexity index is 466. The van der Waals surface area contributed by atoms with Crippen LogP contribution in [0.15, 0.2) is 10.8 Å². The van der Waals surface area contributed by atoms with Gasteiger partial charge in [0.15, 0.2) is 0 Å². The molecule has 1 amide bonds. The highest BCUT2D eigenvalue weighted by atomic mass is 79.9. The third-order valence-electron chi connectivity index (χ3n) is 2.83. The van der Waals surface area contributed by atoms with Crippen LogP contribution in [-0.2, 0) is 4.74 Å². The summed E-state index contributed by atoms with van der Waals surface area (Å²) < 4.78 is 5.66. The Balaban J connectivity index is 2.00. The van der Waals surface area contributed by atoms with Crippen LogP contribution >= 0.6 is 27.5 Å². The summed E-state index contributed by atoms with van der Waals surface area (Å²) in [4.78, 5) is 23.5. The molecule has 0 N–H and O–H groups in total. The predicted octanol–water partition coefficient (Wildman–Crippen LogP) is 2.17. The monoisotopic (exact) mass is 348 g/mol. The van der Waals surface area contributed by atoms with Gasteiger partial charge in [-0.1, -0.05) is 11.6 Å². The summed E-state index contributed by atoms with van der Waals surface area (Å²) in [7, 11) is 0. The molecule has 104 valence electrons. The van der Waals surface area contributed by atoms with Gasteiger partial charge in [-0.15, -0.1) is 0 Å². The van der Waals surface area contributed by atoms with Crippen molar-refractivity contribution in [3.63, 3.8) is 0 Å². The molecule has 1 saturated heterocycles. The van der Waals surface area contributed by atoms with Crippen LogP contribution in [0.2, 0.25) is 5.15 Å². The van der Waals surface area contributed by atoms with Crippen LogP contribution in [0.25, 0.3) is 0 Å². The van der Waals surface area contributed by atoms with Crippen molar-refractivity contribution in [2.24, 2.45) is 0 Å². The Morgan fingerprint density at radius 2 is 2.11 bits per heavy atom. The van der Waals surface area contributed by atoms with Gasteiger partial charge in [-0.25, -0.2) is 14.8 Å². The topological polar surface area (TPSA) is 58.6 Å². The van der Waals surface area contributed by atoms with Gasteiger partial charge in [-0.05, 0) is 22.9 Å². The average molecular weight is 350 g/mol. The second kappa shape index (κ2) is 6.38. The minimum Gasteiger partial charge on any atom is -0.450 e. The summed E-state index contributed by atoms with van der Waals surface area (Å²) in [6.45, 7) is 4.77. The van der Waals surface area contributed by atoms with Crippen molar-refractivity contribution in [2.75, 3.05) is 37.7 Å². The van der Waals surface area contributed by atoms with E-state index in [4.69, 9.17) is 16.3 Å². The van der Waals surface area contributed by atoms with Gasteiger partial charge in [0.25, 0.3) is 0 Å². The number of nitrogens with zero attached hydrogens (tertiary/aromatic N) is 4. The molecule has 0 aliphatic carbocycles. The minimum absolute atomic E-state index is 0.262. The van der Waals surface area contributed by atoms with Crippen molar-refractivity contribution in [2.45, 2.75) is 6.92 Å². The van der Waals surface area contributed by atoms with Crippen molar-refractivity contribution in [1.29, 1.82) is 0 Å². The Labute approximate surface area is 124 Å². The first-order chi connectivity index (χ1) is 9.13. The van der Waals surface area contributed by atoms with Crippen molar-refractivity contribution in [1.82, 2.24) is 14.9 Å². The van der Waals surface area contributed by atoms with Gasteiger partial charge < -0.3 is 14.5 Å². The summed E-state index contributed by atoms with van der Waals surface area (Å²) in [6.07, 6.45) is 1.17. The number of hydrogen-bond acceptors (Lipinski definition) is 5. The number of rotatable bonds is 2. The number of amides is 1. The predicted molar refractivity (Wildman–Crippen MR) is 75.6 cm³/mol. The van der Waals surface area contributed by atoms with Gasteiger partial charge in [-0.3, -0.25) is 0 Å². The van der Waals surface area contributed by atoms with Crippen LogP contribution in [-0.4, -0.2) is 53.7 Å². The third-order valence-corrected chi connectivity index (χ3v) is 4.08. The smallest absolute Gasteiger partial charge is 0.409 e. The first-order valence-electron chi connectivity index (χ1n) is 5.96. The second-order valence-electron chi connectivity index (χ2n) is 3.98. The van der Waals surface area contributed by atoms with E-state index in [0.29, 0.717) is 42.4 Å². The highest BCUT2D eigenvalue weighted by molar-refractivity contribution is 9.10. The molecular formula is C11H14BrClN4O2. The fourth-order valence-corrected chi connectivity index (χ4v) is 2.46. The quantitative estimate of drug-likeness (QED) is 0.766. The number of anilines is 1. The number of halogens is 2. The molecule has 1 aromatic heterocycles. The van der Waals surface area contributed by atoms with E-state index in [-0.39, 0.29) is 6.09 Å². The van der Waals surface area contributed by atoms with E-state index in [0.717, 1.165) is 5.82 Å². The highest BCUT2D eigenvalue weighted by Gasteiger charge is 2.24. The zero-order valence-corrected chi connectivity index (χ0v) is 12.8. The molecule has 8 heteroatoms. The average Bonchev–Trinajstić information content (AvgIpc) is 2.42. The molecule has 0 atom stereocenters. The first-order valence-corrected chi connectivity index (χ1v) is 7.13. The Morgan fingerprint density at radius 3 is 2.74 bits per heavy atom. The van der Waals surface area contributed by atoms with E-state index in [1.807, 2.05) is 0 Å². The number of aromatic nitrogens is 2. The molecule has 19 heavy (non-hydrogen) atoms. The molecule has 1 aromatic rings. The van der Waals surface area contributed by atoms with Crippen LogP contribution in [0.4, 0.5) is 10.6 Å². The van der Waals surface area contributed by atoms with E-state index < -0.39 is 0 Å². The lowest BCUT2D eigenvalue weighted by Gasteiger charge is -2.35.